The normalized spacial score (nSPS) is 25.9. The second-order valence-corrected chi connectivity index (χ2v) is 7.97. The van der Waals surface area contributed by atoms with Gasteiger partial charge in [-0.15, -0.1) is 0 Å². The summed E-state index contributed by atoms with van der Waals surface area (Å²) in [5, 5.41) is 26.7. The van der Waals surface area contributed by atoms with Gasteiger partial charge in [0.25, 0.3) is 0 Å². The van der Waals surface area contributed by atoms with E-state index in [1.165, 1.54) is 19.1 Å². The zero-order chi connectivity index (χ0) is 21.1. The standard InChI is InChI=1S/C20H18ClF3N2O3/c1-9-8-19(29,20(22,23)24)18(10-5-6-12(21)17(28)16(9)10)26-14-4-2-3-13-11(14)7-15(27)25-13/h2-6,9,18,26,28-29H,7-8H2,1H3,(H,25,27)/t9-,18-,19-/m0/s1. The van der Waals surface area contributed by atoms with E-state index in [0.29, 0.717) is 16.9 Å². The van der Waals surface area contributed by atoms with Crippen LogP contribution in [0.1, 0.15) is 42.0 Å². The lowest BCUT2D eigenvalue weighted by Crippen LogP contribution is -2.55. The molecule has 154 valence electrons. The molecule has 0 saturated heterocycles. The van der Waals surface area contributed by atoms with Crippen LogP contribution in [-0.4, -0.2) is 27.9 Å². The van der Waals surface area contributed by atoms with Crippen LogP contribution in [0.4, 0.5) is 24.5 Å². The Morgan fingerprint density at radius 3 is 2.69 bits per heavy atom. The van der Waals surface area contributed by atoms with Gasteiger partial charge in [0.1, 0.15) is 5.75 Å². The third-order valence-corrected chi connectivity index (χ3v) is 5.98. The molecule has 1 aliphatic heterocycles. The molecule has 0 radical (unpaired) electrons. The number of carbonyl (C=O) groups is 1. The number of hydrogen-bond acceptors (Lipinski definition) is 4. The molecule has 1 heterocycles. The quantitative estimate of drug-likeness (QED) is 0.570. The Kier molecular flexibility index (Phi) is 4.47. The van der Waals surface area contributed by atoms with E-state index in [2.05, 4.69) is 10.6 Å². The zero-order valence-electron chi connectivity index (χ0n) is 15.3. The summed E-state index contributed by atoms with van der Waals surface area (Å²) in [6.07, 6.45) is -5.57. The largest absolute Gasteiger partial charge is 0.506 e. The summed E-state index contributed by atoms with van der Waals surface area (Å²) < 4.78 is 42.0. The number of aliphatic hydroxyl groups is 1. The molecule has 4 N–H and O–H groups in total. The van der Waals surface area contributed by atoms with E-state index in [1.807, 2.05) is 0 Å². The Morgan fingerprint density at radius 2 is 2.00 bits per heavy atom. The average Bonchev–Trinajstić information content (AvgIpc) is 3.01. The van der Waals surface area contributed by atoms with Crippen LogP contribution in [0.3, 0.4) is 0 Å². The molecule has 0 aromatic heterocycles. The molecule has 1 aliphatic carbocycles. The van der Waals surface area contributed by atoms with Gasteiger partial charge in [0, 0.05) is 22.5 Å². The number of hydrogen-bond donors (Lipinski definition) is 4. The lowest BCUT2D eigenvalue weighted by Gasteiger charge is -2.45. The molecule has 3 atom stereocenters. The van der Waals surface area contributed by atoms with Gasteiger partial charge in [-0.3, -0.25) is 4.79 Å². The van der Waals surface area contributed by atoms with E-state index in [0.717, 1.165) is 0 Å². The molecule has 0 fully saturated rings. The van der Waals surface area contributed by atoms with Crippen molar-refractivity contribution in [1.82, 2.24) is 0 Å². The van der Waals surface area contributed by atoms with Gasteiger partial charge in [-0.05, 0) is 36.1 Å². The summed E-state index contributed by atoms with van der Waals surface area (Å²) >= 11 is 5.97. The number of fused-ring (bicyclic) bond motifs is 2. The van der Waals surface area contributed by atoms with E-state index in [1.54, 1.807) is 18.2 Å². The Morgan fingerprint density at radius 1 is 1.28 bits per heavy atom. The van der Waals surface area contributed by atoms with E-state index in [-0.39, 0.29) is 34.2 Å². The summed E-state index contributed by atoms with van der Waals surface area (Å²) in [6, 6.07) is 5.91. The van der Waals surface area contributed by atoms with Gasteiger partial charge < -0.3 is 20.8 Å². The molecule has 2 aliphatic rings. The van der Waals surface area contributed by atoms with Crippen molar-refractivity contribution in [3.63, 3.8) is 0 Å². The van der Waals surface area contributed by atoms with E-state index in [4.69, 9.17) is 11.6 Å². The first-order valence-electron chi connectivity index (χ1n) is 9.01. The molecule has 29 heavy (non-hydrogen) atoms. The summed E-state index contributed by atoms with van der Waals surface area (Å²) in [4.78, 5) is 11.7. The second kappa shape index (κ2) is 6.53. The van der Waals surface area contributed by atoms with Crippen molar-refractivity contribution in [2.45, 2.75) is 43.5 Å². The number of phenolic OH excluding ortho intramolecular Hbond substituents is 1. The Bertz CT molecular complexity index is 1010. The highest BCUT2D eigenvalue weighted by molar-refractivity contribution is 6.32. The van der Waals surface area contributed by atoms with E-state index >= 15 is 0 Å². The molecule has 0 spiro atoms. The molecule has 0 saturated carbocycles. The summed E-state index contributed by atoms with van der Waals surface area (Å²) in [5.74, 6) is -1.33. The van der Waals surface area contributed by atoms with E-state index in [9.17, 15) is 28.2 Å². The van der Waals surface area contributed by atoms with Gasteiger partial charge >= 0.3 is 6.18 Å². The van der Waals surface area contributed by atoms with Crippen LogP contribution in [-0.2, 0) is 11.2 Å². The molecule has 9 heteroatoms. The van der Waals surface area contributed by atoms with Crippen molar-refractivity contribution >= 4 is 28.9 Å². The average molecular weight is 427 g/mol. The maximum Gasteiger partial charge on any atom is 0.419 e. The summed E-state index contributed by atoms with van der Waals surface area (Å²) in [7, 11) is 0. The molecule has 5 nitrogen and oxygen atoms in total. The first-order valence-corrected chi connectivity index (χ1v) is 9.39. The van der Waals surface area contributed by atoms with Crippen LogP contribution in [0.25, 0.3) is 0 Å². The van der Waals surface area contributed by atoms with Crippen LogP contribution in [0, 0.1) is 0 Å². The maximum atomic E-state index is 14.0. The molecular weight excluding hydrogens is 409 g/mol. The summed E-state index contributed by atoms with van der Waals surface area (Å²) in [5.41, 5.74) is -1.35. The zero-order valence-corrected chi connectivity index (χ0v) is 16.0. The number of carbonyl (C=O) groups excluding carboxylic acids is 1. The lowest BCUT2D eigenvalue weighted by molar-refractivity contribution is -0.272. The molecule has 2 aromatic rings. The Hall–Kier alpha value is -2.45. The van der Waals surface area contributed by atoms with Crippen LogP contribution < -0.4 is 10.6 Å². The SMILES string of the molecule is C[C@H]1C[C@@](O)(C(F)(F)F)[C@@H](Nc2cccc3c2CC(=O)N3)c2ccc(Cl)c(O)c21. The third-order valence-electron chi connectivity index (χ3n) is 5.68. The first-order chi connectivity index (χ1) is 13.5. The minimum Gasteiger partial charge on any atom is -0.506 e. The number of rotatable bonds is 2. The fraction of sp³-hybridized carbons (Fsp3) is 0.350. The Balaban J connectivity index is 1.88. The maximum absolute atomic E-state index is 14.0. The highest BCUT2D eigenvalue weighted by atomic mass is 35.5. The number of alkyl halides is 3. The van der Waals surface area contributed by atoms with Crippen molar-refractivity contribution < 1.29 is 28.2 Å². The highest BCUT2D eigenvalue weighted by Gasteiger charge is 2.62. The number of halogens is 4. The van der Waals surface area contributed by atoms with Crippen LogP contribution >= 0.6 is 11.6 Å². The molecule has 0 unspecified atom stereocenters. The predicted molar refractivity (Wildman–Crippen MR) is 102 cm³/mol. The summed E-state index contributed by atoms with van der Waals surface area (Å²) in [6.45, 7) is 1.50. The van der Waals surface area contributed by atoms with Crippen LogP contribution in [0.15, 0.2) is 30.3 Å². The van der Waals surface area contributed by atoms with Gasteiger partial charge in [0.2, 0.25) is 5.91 Å². The van der Waals surface area contributed by atoms with Gasteiger partial charge in [-0.25, -0.2) is 0 Å². The number of amides is 1. The van der Waals surface area contributed by atoms with E-state index < -0.39 is 30.2 Å². The fourth-order valence-corrected chi connectivity index (χ4v) is 4.49. The topological polar surface area (TPSA) is 81.6 Å². The van der Waals surface area contributed by atoms with Crippen LogP contribution in [0.5, 0.6) is 5.75 Å². The van der Waals surface area contributed by atoms with Gasteiger partial charge in [0.15, 0.2) is 5.60 Å². The molecule has 4 rings (SSSR count). The van der Waals surface area contributed by atoms with Crippen molar-refractivity contribution in [2.24, 2.45) is 0 Å². The van der Waals surface area contributed by atoms with Gasteiger partial charge in [-0.1, -0.05) is 30.7 Å². The first kappa shape index (κ1) is 19.8. The number of anilines is 2. The molecule has 1 amide bonds. The number of benzene rings is 2. The van der Waals surface area contributed by atoms with Crippen molar-refractivity contribution in [3.8, 4) is 5.75 Å². The minimum atomic E-state index is -4.93. The van der Waals surface area contributed by atoms with Crippen molar-refractivity contribution in [1.29, 1.82) is 0 Å². The molecule has 0 bridgehead atoms. The number of phenols is 1. The monoisotopic (exact) mass is 426 g/mol. The fourth-order valence-electron chi connectivity index (χ4n) is 4.33. The van der Waals surface area contributed by atoms with Gasteiger partial charge in [0.05, 0.1) is 17.5 Å². The lowest BCUT2D eigenvalue weighted by atomic mass is 9.70. The second-order valence-electron chi connectivity index (χ2n) is 7.56. The number of nitrogens with one attached hydrogen (secondary N) is 2. The van der Waals surface area contributed by atoms with Crippen LogP contribution in [0.2, 0.25) is 5.02 Å². The molecule has 2 aromatic carbocycles. The smallest absolute Gasteiger partial charge is 0.419 e. The Labute approximate surface area is 169 Å². The van der Waals surface area contributed by atoms with Gasteiger partial charge in [-0.2, -0.15) is 13.2 Å². The minimum absolute atomic E-state index is 0.0187. The number of aromatic hydroxyl groups is 1. The van der Waals surface area contributed by atoms with Crippen molar-refractivity contribution in [3.05, 3.63) is 52.0 Å². The third kappa shape index (κ3) is 3.02. The predicted octanol–water partition coefficient (Wildman–Crippen LogP) is 4.49. The highest BCUT2D eigenvalue weighted by Crippen LogP contribution is 2.55. The van der Waals surface area contributed by atoms with Crippen molar-refractivity contribution in [2.75, 3.05) is 10.6 Å². The molecular formula is C20H18ClF3N2O3.